The van der Waals surface area contributed by atoms with Gasteiger partial charge in [0.15, 0.2) is 0 Å². The largest absolute Gasteiger partial charge is 0.465 e. The minimum Gasteiger partial charge on any atom is -0.465 e. The molecule has 174 valence electrons. The van der Waals surface area contributed by atoms with E-state index >= 15 is 0 Å². The van der Waals surface area contributed by atoms with Gasteiger partial charge in [0.2, 0.25) is 11.8 Å². The molecule has 2 aliphatic rings. The van der Waals surface area contributed by atoms with E-state index in [1.54, 1.807) is 17.0 Å². The summed E-state index contributed by atoms with van der Waals surface area (Å²) in [5, 5.41) is 2.87. The molecule has 1 fully saturated rings. The van der Waals surface area contributed by atoms with Gasteiger partial charge in [-0.2, -0.15) is 0 Å². The maximum absolute atomic E-state index is 13.1. The van der Waals surface area contributed by atoms with E-state index < -0.39 is 5.97 Å². The molecule has 0 bridgehead atoms. The predicted octanol–water partition coefficient (Wildman–Crippen LogP) is 2.78. The van der Waals surface area contributed by atoms with Gasteiger partial charge >= 0.3 is 5.97 Å². The van der Waals surface area contributed by atoms with E-state index in [4.69, 9.17) is 9.47 Å². The number of hydrogen-bond acceptors (Lipinski definition) is 6. The van der Waals surface area contributed by atoms with E-state index in [1.807, 2.05) is 30.3 Å². The number of carbonyl (C=O) groups is 3. The third-order valence-electron chi connectivity index (χ3n) is 6.25. The number of nitrogens with zero attached hydrogens (tertiary/aromatic N) is 2. The van der Waals surface area contributed by atoms with Crippen molar-refractivity contribution in [3.05, 3.63) is 59.2 Å². The molecule has 0 radical (unpaired) electrons. The quantitative estimate of drug-likeness (QED) is 0.704. The van der Waals surface area contributed by atoms with Gasteiger partial charge < -0.3 is 24.6 Å². The van der Waals surface area contributed by atoms with E-state index in [0.717, 1.165) is 36.3 Å². The first kappa shape index (κ1) is 22.8. The summed E-state index contributed by atoms with van der Waals surface area (Å²) < 4.78 is 10.4. The monoisotopic (exact) mass is 451 g/mol. The Morgan fingerprint density at radius 2 is 1.85 bits per heavy atom. The molecule has 8 nitrogen and oxygen atoms in total. The molecule has 1 N–H and O–H groups in total. The highest BCUT2D eigenvalue weighted by Gasteiger charge is 2.31. The molecule has 2 amide bonds. The Hall–Kier alpha value is -3.39. The number of rotatable bonds is 5. The third-order valence-corrected chi connectivity index (χ3v) is 6.25. The van der Waals surface area contributed by atoms with E-state index in [1.165, 1.54) is 14.0 Å². The predicted molar refractivity (Wildman–Crippen MR) is 124 cm³/mol. The van der Waals surface area contributed by atoms with Crippen molar-refractivity contribution in [1.82, 2.24) is 4.90 Å². The van der Waals surface area contributed by atoms with Gasteiger partial charge in [-0.1, -0.05) is 24.3 Å². The number of nitrogens with one attached hydrogen (secondary N) is 1. The summed E-state index contributed by atoms with van der Waals surface area (Å²) in [6.07, 6.45) is 0.867. The maximum Gasteiger partial charge on any atom is 0.340 e. The van der Waals surface area contributed by atoms with E-state index in [9.17, 15) is 14.4 Å². The minimum atomic E-state index is -0.520. The lowest BCUT2D eigenvalue weighted by molar-refractivity contribution is -0.132. The standard InChI is InChI=1S/C25H29N3O5/c1-17(29)28-10-9-18-5-3-4-6-20(18)23(28)16-24(30)26-22-8-7-19(15-21(22)25(31)32-2)27-11-13-33-14-12-27/h3-8,15,23H,9-14,16H2,1-2H3,(H,26,30). The molecule has 4 rings (SSSR count). The van der Waals surface area contributed by atoms with Crippen LogP contribution >= 0.6 is 0 Å². The smallest absolute Gasteiger partial charge is 0.340 e. The number of ether oxygens (including phenoxy) is 2. The van der Waals surface area contributed by atoms with Crippen LogP contribution in [0.3, 0.4) is 0 Å². The van der Waals surface area contributed by atoms with Crippen molar-refractivity contribution in [3.63, 3.8) is 0 Å². The Morgan fingerprint density at radius 1 is 1.09 bits per heavy atom. The van der Waals surface area contributed by atoms with Crippen LogP contribution in [0.5, 0.6) is 0 Å². The number of morpholine rings is 1. The zero-order valence-electron chi connectivity index (χ0n) is 19.0. The Bertz CT molecular complexity index is 1050. The van der Waals surface area contributed by atoms with E-state index in [0.29, 0.717) is 31.0 Å². The summed E-state index contributed by atoms with van der Waals surface area (Å²) in [5.74, 6) is -0.853. The molecule has 2 aromatic carbocycles. The molecule has 2 heterocycles. The van der Waals surface area contributed by atoms with Crippen molar-refractivity contribution in [2.24, 2.45) is 0 Å². The van der Waals surface area contributed by atoms with Crippen molar-refractivity contribution in [3.8, 4) is 0 Å². The first-order chi connectivity index (χ1) is 16.0. The van der Waals surface area contributed by atoms with Crippen LogP contribution in [0.25, 0.3) is 0 Å². The highest BCUT2D eigenvalue weighted by atomic mass is 16.5. The average Bonchev–Trinajstić information content (AvgIpc) is 2.84. The second kappa shape index (κ2) is 10.0. The second-order valence-electron chi connectivity index (χ2n) is 8.25. The lowest BCUT2D eigenvalue weighted by Gasteiger charge is -2.36. The van der Waals surface area contributed by atoms with E-state index in [2.05, 4.69) is 10.2 Å². The van der Waals surface area contributed by atoms with Crippen molar-refractivity contribution in [2.75, 3.05) is 50.2 Å². The fourth-order valence-corrected chi connectivity index (χ4v) is 4.56. The third kappa shape index (κ3) is 5.01. The Balaban J connectivity index is 1.56. The van der Waals surface area contributed by atoms with Gasteiger partial charge in [0.1, 0.15) is 0 Å². The number of amides is 2. The van der Waals surface area contributed by atoms with Gasteiger partial charge in [0.25, 0.3) is 0 Å². The van der Waals surface area contributed by atoms with Gasteiger partial charge in [-0.3, -0.25) is 9.59 Å². The molecular formula is C25H29N3O5. The molecule has 1 atom stereocenters. The molecule has 0 saturated carbocycles. The van der Waals surface area contributed by atoms with Crippen molar-refractivity contribution < 1.29 is 23.9 Å². The van der Waals surface area contributed by atoms with Crippen molar-refractivity contribution >= 4 is 29.2 Å². The van der Waals surface area contributed by atoms with Gasteiger partial charge in [-0.15, -0.1) is 0 Å². The topological polar surface area (TPSA) is 88.2 Å². The summed E-state index contributed by atoms with van der Waals surface area (Å²) >= 11 is 0. The highest BCUT2D eigenvalue weighted by Crippen LogP contribution is 2.33. The number of anilines is 2. The van der Waals surface area contributed by atoms with Crippen LogP contribution in [0.1, 0.15) is 40.9 Å². The molecule has 2 aliphatic heterocycles. The minimum absolute atomic E-state index is 0.0626. The first-order valence-electron chi connectivity index (χ1n) is 11.2. The normalized spacial score (nSPS) is 17.8. The van der Waals surface area contributed by atoms with Crippen molar-refractivity contribution in [1.29, 1.82) is 0 Å². The molecule has 1 saturated heterocycles. The average molecular weight is 452 g/mol. The van der Waals surface area contributed by atoms with Crippen LogP contribution < -0.4 is 10.2 Å². The number of carbonyl (C=O) groups excluding carboxylic acids is 3. The number of methoxy groups -OCH3 is 1. The SMILES string of the molecule is COC(=O)c1cc(N2CCOCC2)ccc1NC(=O)CC1c2ccccc2CCN1C(C)=O. The van der Waals surface area contributed by atoms with Crippen LogP contribution in [0.4, 0.5) is 11.4 Å². The van der Waals surface area contributed by atoms with Gasteiger partial charge in [-0.25, -0.2) is 4.79 Å². The molecule has 33 heavy (non-hydrogen) atoms. The Kier molecular flexibility index (Phi) is 6.93. The Labute approximate surface area is 193 Å². The summed E-state index contributed by atoms with van der Waals surface area (Å²) in [7, 11) is 1.32. The van der Waals surface area contributed by atoms with Gasteiger partial charge in [-0.05, 0) is 35.7 Å². The van der Waals surface area contributed by atoms with Crippen LogP contribution in [-0.4, -0.2) is 62.6 Å². The number of esters is 1. The fraction of sp³-hybridized carbons (Fsp3) is 0.400. The summed E-state index contributed by atoms with van der Waals surface area (Å²) in [5.41, 5.74) is 3.70. The summed E-state index contributed by atoms with van der Waals surface area (Å²) in [6.45, 7) is 4.82. The summed E-state index contributed by atoms with van der Waals surface area (Å²) in [6, 6.07) is 12.9. The molecular weight excluding hydrogens is 422 g/mol. The van der Waals surface area contributed by atoms with Crippen LogP contribution in [0, 0.1) is 0 Å². The summed E-state index contributed by atoms with van der Waals surface area (Å²) in [4.78, 5) is 41.7. The Morgan fingerprint density at radius 3 is 2.58 bits per heavy atom. The van der Waals surface area contributed by atoms with Gasteiger partial charge in [0, 0.05) is 32.2 Å². The molecule has 2 aromatic rings. The first-order valence-corrected chi connectivity index (χ1v) is 11.2. The second-order valence-corrected chi connectivity index (χ2v) is 8.25. The number of hydrogen-bond donors (Lipinski definition) is 1. The molecule has 0 aromatic heterocycles. The van der Waals surface area contributed by atoms with Crippen LogP contribution in [0.15, 0.2) is 42.5 Å². The van der Waals surface area contributed by atoms with Gasteiger partial charge in [0.05, 0.1) is 44.0 Å². The zero-order chi connectivity index (χ0) is 23.4. The maximum atomic E-state index is 13.1. The lowest BCUT2D eigenvalue weighted by Crippen LogP contribution is -2.40. The number of benzene rings is 2. The molecule has 8 heteroatoms. The highest BCUT2D eigenvalue weighted by molar-refractivity contribution is 6.02. The van der Waals surface area contributed by atoms with Crippen LogP contribution in [-0.2, 0) is 25.5 Å². The zero-order valence-corrected chi connectivity index (χ0v) is 19.0. The number of fused-ring (bicyclic) bond motifs is 1. The van der Waals surface area contributed by atoms with Crippen LogP contribution in [0.2, 0.25) is 0 Å². The lowest BCUT2D eigenvalue weighted by atomic mass is 9.90. The fourth-order valence-electron chi connectivity index (χ4n) is 4.56. The molecule has 0 spiro atoms. The van der Waals surface area contributed by atoms with E-state index in [-0.39, 0.29) is 24.3 Å². The molecule has 1 unspecified atom stereocenters. The molecule has 0 aliphatic carbocycles. The van der Waals surface area contributed by atoms with Crippen molar-refractivity contribution in [2.45, 2.75) is 25.8 Å².